The molecule has 356 valence electrons. The predicted octanol–water partition coefficient (Wildman–Crippen LogP) is 4.74. The van der Waals surface area contributed by atoms with E-state index in [2.05, 4.69) is 9.89 Å². The maximum Gasteiger partial charge on any atom is 0.294 e. The van der Waals surface area contributed by atoms with Crippen LogP contribution in [0.3, 0.4) is 0 Å². The van der Waals surface area contributed by atoms with Crippen molar-refractivity contribution in [2.75, 3.05) is 55.9 Å². The Balaban J connectivity index is 1.67. The SMILES string of the molecule is CC1(C)C(/C=C/C=C/C=C2\N(CCCCS(=O)(=O)O)c3ccc(S(=O)(=O)O)cc3C2(C)CCCCS(=O)(=O)O)=[N+](CCCCCC(=O)NCCOCCO)c2ccc(S(=O)(=O)O)cc21. The Labute approximate surface area is 376 Å². The van der Waals surface area contributed by atoms with Gasteiger partial charge in [0.15, 0.2) is 5.71 Å². The highest BCUT2D eigenvalue weighted by atomic mass is 32.2. The lowest BCUT2D eigenvalue weighted by molar-refractivity contribution is -0.438. The number of rotatable bonds is 26. The van der Waals surface area contributed by atoms with Crippen LogP contribution in [0.2, 0.25) is 0 Å². The van der Waals surface area contributed by atoms with Gasteiger partial charge in [-0.2, -0.15) is 38.2 Å². The molecule has 22 heteroatoms. The number of nitrogens with zero attached hydrogens (tertiary/aromatic N) is 2. The van der Waals surface area contributed by atoms with Gasteiger partial charge in [0.25, 0.3) is 40.5 Å². The van der Waals surface area contributed by atoms with Crippen molar-refractivity contribution in [3.05, 3.63) is 83.6 Å². The Bertz CT molecular complexity index is 2590. The highest BCUT2D eigenvalue weighted by Gasteiger charge is 2.45. The Hall–Kier alpha value is -3.84. The average Bonchev–Trinajstić information content (AvgIpc) is 3.55. The summed E-state index contributed by atoms with van der Waals surface area (Å²) in [5.41, 5.74) is 2.32. The van der Waals surface area contributed by atoms with E-state index in [9.17, 15) is 56.7 Å². The van der Waals surface area contributed by atoms with Gasteiger partial charge in [0.2, 0.25) is 11.6 Å². The van der Waals surface area contributed by atoms with E-state index in [-0.39, 0.29) is 54.7 Å². The minimum atomic E-state index is -4.63. The molecule has 18 nitrogen and oxygen atoms in total. The minimum Gasteiger partial charge on any atom is -0.394 e. The molecule has 1 unspecified atom stereocenters. The number of allylic oxidation sites excluding steroid dienone is 6. The van der Waals surface area contributed by atoms with E-state index in [4.69, 9.17) is 9.84 Å². The van der Waals surface area contributed by atoms with E-state index in [0.29, 0.717) is 80.7 Å². The Morgan fingerprint density at radius 1 is 0.750 bits per heavy atom. The number of fused-ring (bicyclic) bond motifs is 2. The van der Waals surface area contributed by atoms with Gasteiger partial charge in [-0.3, -0.25) is 23.0 Å². The van der Waals surface area contributed by atoms with Crippen LogP contribution in [0.5, 0.6) is 0 Å². The molecule has 6 N–H and O–H groups in total. The van der Waals surface area contributed by atoms with E-state index >= 15 is 0 Å². The molecule has 1 atom stereocenters. The fourth-order valence-electron chi connectivity index (χ4n) is 8.18. The van der Waals surface area contributed by atoms with Gasteiger partial charge < -0.3 is 20.1 Å². The van der Waals surface area contributed by atoms with Gasteiger partial charge in [-0.15, -0.1) is 0 Å². The van der Waals surface area contributed by atoms with Gasteiger partial charge >= 0.3 is 0 Å². The number of aliphatic hydroxyl groups excluding tert-OH is 1. The van der Waals surface area contributed by atoms with Crippen LogP contribution in [-0.2, 0) is 60.8 Å². The summed E-state index contributed by atoms with van der Waals surface area (Å²) in [7, 11) is -17.6. The van der Waals surface area contributed by atoms with Crippen molar-refractivity contribution in [3.8, 4) is 0 Å². The third kappa shape index (κ3) is 14.6. The quantitative estimate of drug-likeness (QED) is 0.0321. The Kier molecular flexibility index (Phi) is 18.2. The Morgan fingerprint density at radius 3 is 2.00 bits per heavy atom. The van der Waals surface area contributed by atoms with Gasteiger partial charge in [0.1, 0.15) is 6.54 Å². The zero-order valence-electron chi connectivity index (χ0n) is 36.2. The number of carbonyl (C=O) groups is 1. The first-order valence-corrected chi connectivity index (χ1v) is 27.0. The van der Waals surface area contributed by atoms with Crippen LogP contribution in [0.1, 0.15) is 89.7 Å². The van der Waals surface area contributed by atoms with Crippen LogP contribution in [0.25, 0.3) is 0 Å². The molecule has 2 aromatic carbocycles. The highest BCUT2D eigenvalue weighted by Crippen LogP contribution is 2.51. The monoisotopic (exact) mass is 974 g/mol. The number of benzene rings is 2. The molecule has 0 bridgehead atoms. The molecule has 2 aliphatic heterocycles. The number of aliphatic hydroxyl groups is 1. The van der Waals surface area contributed by atoms with Gasteiger partial charge in [-0.05, 0) is 101 Å². The molecule has 0 radical (unpaired) electrons. The molecule has 0 aliphatic carbocycles. The molecular formula is C42H60N3O15S4+. The van der Waals surface area contributed by atoms with Crippen LogP contribution in [0.15, 0.2) is 82.3 Å². The van der Waals surface area contributed by atoms with Crippen LogP contribution in [0.4, 0.5) is 11.4 Å². The van der Waals surface area contributed by atoms with Crippen molar-refractivity contribution in [2.45, 2.75) is 99.2 Å². The second-order valence-electron chi connectivity index (χ2n) is 16.5. The van der Waals surface area contributed by atoms with Crippen molar-refractivity contribution >= 4 is 63.5 Å². The highest BCUT2D eigenvalue weighted by molar-refractivity contribution is 7.86. The number of anilines is 1. The maximum absolute atomic E-state index is 12.3. The van der Waals surface area contributed by atoms with Crippen molar-refractivity contribution in [2.24, 2.45) is 0 Å². The summed E-state index contributed by atoms with van der Waals surface area (Å²) < 4.78 is 141. The summed E-state index contributed by atoms with van der Waals surface area (Å²) in [6.45, 7) is 7.22. The predicted molar refractivity (Wildman–Crippen MR) is 242 cm³/mol. The molecule has 2 heterocycles. The molecule has 2 aliphatic rings. The van der Waals surface area contributed by atoms with Crippen LogP contribution < -0.4 is 10.2 Å². The second kappa shape index (κ2) is 22.1. The molecule has 1 amide bonds. The number of unbranched alkanes of at least 4 members (excludes halogenated alkanes) is 4. The molecule has 2 aromatic rings. The maximum atomic E-state index is 12.3. The average molecular weight is 975 g/mol. The lowest BCUT2D eigenvalue weighted by Crippen LogP contribution is -2.29. The number of nitrogens with one attached hydrogen (secondary N) is 1. The third-order valence-electron chi connectivity index (χ3n) is 11.4. The first-order chi connectivity index (χ1) is 29.8. The Morgan fingerprint density at radius 2 is 1.38 bits per heavy atom. The summed E-state index contributed by atoms with van der Waals surface area (Å²) in [5.74, 6) is -1.07. The van der Waals surface area contributed by atoms with E-state index in [1.165, 1.54) is 30.3 Å². The van der Waals surface area contributed by atoms with Crippen molar-refractivity contribution in [1.29, 1.82) is 0 Å². The van der Waals surface area contributed by atoms with E-state index in [0.717, 1.165) is 11.4 Å². The number of amides is 1. The molecule has 0 saturated carbocycles. The summed E-state index contributed by atoms with van der Waals surface area (Å²) in [4.78, 5) is 13.6. The molecule has 0 fully saturated rings. The number of carbonyl (C=O) groups excluding carboxylic acids is 1. The molecule has 0 spiro atoms. The van der Waals surface area contributed by atoms with Crippen LogP contribution in [-0.4, -0.2) is 124 Å². The fourth-order valence-corrected chi connectivity index (χ4v) is 10.3. The minimum absolute atomic E-state index is 0.0961. The lowest BCUT2D eigenvalue weighted by Gasteiger charge is -2.30. The molecular weight excluding hydrogens is 915 g/mol. The third-order valence-corrected chi connectivity index (χ3v) is 14.7. The summed E-state index contributed by atoms with van der Waals surface area (Å²) in [6.07, 6.45) is 12.4. The normalized spacial score (nSPS) is 18.4. The topological polar surface area (TPSA) is 282 Å². The largest absolute Gasteiger partial charge is 0.394 e. The summed E-state index contributed by atoms with van der Waals surface area (Å²) >= 11 is 0. The van der Waals surface area contributed by atoms with Gasteiger partial charge in [0.05, 0.1) is 46.5 Å². The molecule has 64 heavy (non-hydrogen) atoms. The van der Waals surface area contributed by atoms with Gasteiger partial charge in [0, 0.05) is 60.4 Å². The van der Waals surface area contributed by atoms with Crippen LogP contribution >= 0.6 is 0 Å². The van der Waals surface area contributed by atoms with E-state index in [1.807, 2.05) is 31.7 Å². The van der Waals surface area contributed by atoms with Gasteiger partial charge in [-0.25, -0.2) is 0 Å². The standard InChI is InChI=1S/C42H59N3O15S4/c1-41(2)34-30-32(63(54,55)56)17-19-36(34)44(23-10-5-8-16-40(47)43-22-26-60-27-25-46)38(41)14-6-4-7-15-39-42(3,21-9-12-28-61(48,49)50)35-31-33(64(57,58)59)18-20-37(35)45(39)24-11-13-29-62(51,52)53/h4,6-7,14-15,17-20,30-31,46H,5,8-13,16,21-29H2,1-3H3,(H4-,43,47,48,49,50,51,52,53,54,55,56,57,58,59)/p+1. The summed E-state index contributed by atoms with van der Waals surface area (Å²) in [6, 6.07) is 8.60. The fraction of sp³-hybridized carbons (Fsp3) is 0.524. The number of ether oxygens (including phenoxy) is 1. The first-order valence-electron chi connectivity index (χ1n) is 20.9. The zero-order chi connectivity index (χ0) is 47.6. The van der Waals surface area contributed by atoms with Crippen molar-refractivity contribution < 1.29 is 71.1 Å². The van der Waals surface area contributed by atoms with Crippen LogP contribution in [0, 0.1) is 0 Å². The number of hydrogen-bond donors (Lipinski definition) is 6. The molecule has 0 saturated heterocycles. The number of hydrogen-bond acceptors (Lipinski definition) is 12. The zero-order valence-corrected chi connectivity index (χ0v) is 39.5. The van der Waals surface area contributed by atoms with E-state index < -0.39 is 62.8 Å². The smallest absolute Gasteiger partial charge is 0.294 e. The van der Waals surface area contributed by atoms with Crippen molar-refractivity contribution in [3.63, 3.8) is 0 Å². The van der Waals surface area contributed by atoms with Gasteiger partial charge in [-0.1, -0.05) is 24.6 Å². The second-order valence-corrected chi connectivity index (χ2v) is 22.5. The first kappa shape index (κ1) is 52.8. The van der Waals surface area contributed by atoms with E-state index in [1.54, 1.807) is 30.4 Å². The molecule has 0 aromatic heterocycles. The molecule has 4 rings (SSSR count). The summed E-state index contributed by atoms with van der Waals surface area (Å²) in [5, 5.41) is 11.6. The lowest BCUT2D eigenvalue weighted by atomic mass is 9.77. The van der Waals surface area contributed by atoms with Crippen molar-refractivity contribution in [1.82, 2.24) is 5.32 Å².